The normalized spacial score (nSPS) is 11.4. The Bertz CT molecular complexity index is 794. The molecule has 0 aliphatic heterocycles. The Labute approximate surface area is 138 Å². The number of hydrogen-bond acceptors (Lipinski definition) is 1. The molecule has 1 nitrogen and oxygen atoms in total. The van der Waals surface area contributed by atoms with Gasteiger partial charge in [-0.1, -0.05) is 93.6 Å². The van der Waals surface area contributed by atoms with Crippen LogP contribution in [-0.4, -0.2) is 5.11 Å². The fourth-order valence-electron chi connectivity index (χ4n) is 2.78. The first kappa shape index (κ1) is 15.4. The SMILES string of the molecule is CC(C)(C)c1ccc(-c2cccc(-c3ccccc3)c2O)cc1. The van der Waals surface area contributed by atoms with Crippen molar-refractivity contribution in [1.29, 1.82) is 0 Å². The maximum absolute atomic E-state index is 10.7. The molecular weight excluding hydrogens is 280 g/mol. The Morgan fingerprint density at radius 1 is 0.609 bits per heavy atom. The summed E-state index contributed by atoms with van der Waals surface area (Å²) < 4.78 is 0. The third kappa shape index (κ3) is 3.14. The predicted molar refractivity (Wildman–Crippen MR) is 97.7 cm³/mol. The van der Waals surface area contributed by atoms with Crippen LogP contribution in [0.3, 0.4) is 0 Å². The van der Waals surface area contributed by atoms with Crippen molar-refractivity contribution >= 4 is 0 Å². The number of phenolic OH excluding ortho intramolecular Hbond substituents is 1. The van der Waals surface area contributed by atoms with Gasteiger partial charge in [0.2, 0.25) is 0 Å². The average molecular weight is 302 g/mol. The first-order valence-electron chi connectivity index (χ1n) is 7.95. The molecule has 0 atom stereocenters. The van der Waals surface area contributed by atoms with E-state index in [1.54, 1.807) is 0 Å². The van der Waals surface area contributed by atoms with Gasteiger partial charge < -0.3 is 5.11 Å². The molecule has 0 bridgehead atoms. The molecule has 0 amide bonds. The van der Waals surface area contributed by atoms with Crippen LogP contribution >= 0.6 is 0 Å². The third-order valence-electron chi connectivity index (χ3n) is 4.18. The molecule has 1 heteroatoms. The molecule has 0 saturated heterocycles. The molecule has 0 spiro atoms. The molecule has 0 radical (unpaired) electrons. The first-order valence-corrected chi connectivity index (χ1v) is 7.95. The Kier molecular flexibility index (Phi) is 3.96. The van der Waals surface area contributed by atoms with E-state index < -0.39 is 0 Å². The molecule has 0 unspecified atom stereocenters. The molecule has 3 aromatic carbocycles. The highest BCUT2D eigenvalue weighted by molar-refractivity contribution is 5.81. The van der Waals surface area contributed by atoms with Crippen molar-refractivity contribution < 1.29 is 5.11 Å². The smallest absolute Gasteiger partial charge is 0.131 e. The largest absolute Gasteiger partial charge is 0.507 e. The minimum atomic E-state index is 0.131. The second-order valence-corrected chi connectivity index (χ2v) is 6.90. The van der Waals surface area contributed by atoms with Crippen LogP contribution in [0.15, 0.2) is 72.8 Å². The maximum atomic E-state index is 10.7. The zero-order valence-electron chi connectivity index (χ0n) is 13.9. The summed E-state index contributed by atoms with van der Waals surface area (Å²) >= 11 is 0. The molecule has 0 aliphatic carbocycles. The van der Waals surface area contributed by atoms with Gasteiger partial charge in [0.1, 0.15) is 5.75 Å². The van der Waals surface area contributed by atoms with Gasteiger partial charge in [0.05, 0.1) is 0 Å². The van der Waals surface area contributed by atoms with Gasteiger partial charge in [0, 0.05) is 11.1 Å². The average Bonchev–Trinajstić information content (AvgIpc) is 2.55. The van der Waals surface area contributed by atoms with Crippen molar-refractivity contribution in [3.05, 3.63) is 78.4 Å². The Balaban J connectivity index is 2.04. The number of aromatic hydroxyl groups is 1. The second kappa shape index (κ2) is 5.92. The van der Waals surface area contributed by atoms with Crippen molar-refractivity contribution in [1.82, 2.24) is 0 Å². The Morgan fingerprint density at radius 2 is 1.13 bits per heavy atom. The molecule has 116 valence electrons. The maximum Gasteiger partial charge on any atom is 0.131 e. The molecule has 0 heterocycles. The topological polar surface area (TPSA) is 20.2 Å². The zero-order chi connectivity index (χ0) is 16.4. The van der Waals surface area contributed by atoms with E-state index in [2.05, 4.69) is 45.0 Å². The lowest BCUT2D eigenvalue weighted by molar-refractivity contribution is 0.479. The van der Waals surface area contributed by atoms with Crippen LogP contribution < -0.4 is 0 Å². The van der Waals surface area contributed by atoms with E-state index >= 15 is 0 Å². The minimum Gasteiger partial charge on any atom is -0.507 e. The number of phenols is 1. The summed E-state index contributed by atoms with van der Waals surface area (Å²) in [5.74, 6) is 0.335. The van der Waals surface area contributed by atoms with Gasteiger partial charge >= 0.3 is 0 Å². The fraction of sp³-hybridized carbons (Fsp3) is 0.182. The lowest BCUT2D eigenvalue weighted by atomic mass is 9.86. The van der Waals surface area contributed by atoms with Crippen LogP contribution in [0.5, 0.6) is 5.75 Å². The van der Waals surface area contributed by atoms with Crippen molar-refractivity contribution in [2.75, 3.05) is 0 Å². The quantitative estimate of drug-likeness (QED) is 0.613. The van der Waals surface area contributed by atoms with Gasteiger partial charge in [0.25, 0.3) is 0 Å². The summed E-state index contributed by atoms with van der Waals surface area (Å²) in [4.78, 5) is 0. The molecule has 3 rings (SSSR count). The van der Waals surface area contributed by atoms with Crippen molar-refractivity contribution in [3.8, 4) is 28.0 Å². The van der Waals surface area contributed by atoms with Gasteiger partial charge in [0.15, 0.2) is 0 Å². The predicted octanol–water partition coefficient (Wildman–Crippen LogP) is 6.02. The third-order valence-corrected chi connectivity index (χ3v) is 4.18. The van der Waals surface area contributed by atoms with Crippen LogP contribution in [0.4, 0.5) is 0 Å². The van der Waals surface area contributed by atoms with Crippen LogP contribution in [0.25, 0.3) is 22.3 Å². The van der Waals surface area contributed by atoms with Crippen molar-refractivity contribution in [2.24, 2.45) is 0 Å². The van der Waals surface area contributed by atoms with Gasteiger partial charge in [-0.05, 0) is 22.1 Å². The zero-order valence-corrected chi connectivity index (χ0v) is 13.9. The van der Waals surface area contributed by atoms with E-state index in [0.29, 0.717) is 5.75 Å². The van der Waals surface area contributed by atoms with Crippen molar-refractivity contribution in [2.45, 2.75) is 26.2 Å². The van der Waals surface area contributed by atoms with E-state index in [1.807, 2.05) is 48.5 Å². The number of para-hydroxylation sites is 1. The highest BCUT2D eigenvalue weighted by Gasteiger charge is 2.14. The Morgan fingerprint density at radius 3 is 1.65 bits per heavy atom. The Hall–Kier alpha value is -2.54. The molecule has 0 aliphatic rings. The highest BCUT2D eigenvalue weighted by Crippen LogP contribution is 2.38. The van der Waals surface area contributed by atoms with E-state index in [1.165, 1.54) is 5.56 Å². The summed E-state index contributed by atoms with van der Waals surface area (Å²) in [6.45, 7) is 6.61. The standard InChI is InChI=1S/C22H22O/c1-22(2,3)18-14-12-17(13-15-18)20-11-7-10-19(21(20)23)16-8-5-4-6-9-16/h4-15,23H,1-3H3. The van der Waals surface area contributed by atoms with E-state index in [0.717, 1.165) is 22.3 Å². The van der Waals surface area contributed by atoms with Gasteiger partial charge in [-0.3, -0.25) is 0 Å². The summed E-state index contributed by atoms with van der Waals surface area (Å²) in [5, 5.41) is 10.7. The molecule has 0 fully saturated rings. The van der Waals surface area contributed by atoms with E-state index in [4.69, 9.17) is 0 Å². The van der Waals surface area contributed by atoms with Crippen LogP contribution in [0.1, 0.15) is 26.3 Å². The van der Waals surface area contributed by atoms with Crippen molar-refractivity contribution in [3.63, 3.8) is 0 Å². The molecule has 23 heavy (non-hydrogen) atoms. The summed E-state index contributed by atoms with van der Waals surface area (Å²) in [5.41, 5.74) is 5.22. The fourth-order valence-corrected chi connectivity index (χ4v) is 2.78. The first-order chi connectivity index (χ1) is 11.0. The summed E-state index contributed by atoms with van der Waals surface area (Å²) in [7, 11) is 0. The number of hydrogen-bond donors (Lipinski definition) is 1. The molecule has 0 saturated carbocycles. The van der Waals surface area contributed by atoms with E-state index in [9.17, 15) is 5.11 Å². The lowest BCUT2D eigenvalue weighted by Gasteiger charge is -2.19. The summed E-state index contributed by atoms with van der Waals surface area (Å²) in [6, 6.07) is 24.4. The second-order valence-electron chi connectivity index (χ2n) is 6.90. The van der Waals surface area contributed by atoms with Gasteiger partial charge in [-0.15, -0.1) is 0 Å². The van der Waals surface area contributed by atoms with Crippen LogP contribution in [0, 0.1) is 0 Å². The van der Waals surface area contributed by atoms with Crippen LogP contribution in [-0.2, 0) is 5.41 Å². The molecule has 1 N–H and O–H groups in total. The van der Waals surface area contributed by atoms with Gasteiger partial charge in [-0.25, -0.2) is 0 Å². The van der Waals surface area contributed by atoms with E-state index in [-0.39, 0.29) is 5.41 Å². The van der Waals surface area contributed by atoms with Gasteiger partial charge in [-0.2, -0.15) is 0 Å². The summed E-state index contributed by atoms with van der Waals surface area (Å²) in [6.07, 6.45) is 0. The number of rotatable bonds is 2. The highest BCUT2D eigenvalue weighted by atomic mass is 16.3. The minimum absolute atomic E-state index is 0.131. The number of benzene rings is 3. The lowest BCUT2D eigenvalue weighted by Crippen LogP contribution is -2.10. The molecule has 0 aromatic heterocycles. The monoisotopic (exact) mass is 302 g/mol. The molecule has 3 aromatic rings. The molecular formula is C22H22O. The van der Waals surface area contributed by atoms with Crippen LogP contribution in [0.2, 0.25) is 0 Å².